The van der Waals surface area contributed by atoms with Crippen LogP contribution in [0.25, 0.3) is 0 Å². The molecule has 0 saturated carbocycles. The molecule has 20 heavy (non-hydrogen) atoms. The van der Waals surface area contributed by atoms with Crippen LogP contribution < -0.4 is 5.32 Å². The van der Waals surface area contributed by atoms with E-state index in [1.165, 1.54) is 35.1 Å². The molecule has 1 heterocycles. The van der Waals surface area contributed by atoms with Crippen molar-refractivity contribution in [1.82, 2.24) is 5.32 Å². The Morgan fingerprint density at radius 3 is 1.80 bits per heavy atom. The topological polar surface area (TPSA) is 12.0 Å². The number of piperidine rings is 1. The molecule has 1 saturated heterocycles. The normalized spacial score (nSPS) is 22.7. The third-order valence-corrected chi connectivity index (χ3v) is 4.44. The van der Waals surface area contributed by atoms with Gasteiger partial charge in [0.1, 0.15) is 0 Å². The number of hydrogen-bond acceptors (Lipinski definition) is 1. The summed E-state index contributed by atoms with van der Waals surface area (Å²) in [4.78, 5) is 0. The van der Waals surface area contributed by atoms with Gasteiger partial charge in [-0.05, 0) is 43.7 Å². The van der Waals surface area contributed by atoms with Crippen molar-refractivity contribution in [3.05, 3.63) is 70.8 Å². The van der Waals surface area contributed by atoms with E-state index in [0.29, 0.717) is 12.0 Å². The van der Waals surface area contributed by atoms with Gasteiger partial charge in [0.25, 0.3) is 0 Å². The average Bonchev–Trinajstić information content (AvgIpc) is 2.49. The maximum Gasteiger partial charge on any atom is 0.0320 e. The van der Waals surface area contributed by atoms with Crippen molar-refractivity contribution < 1.29 is 0 Å². The Hall–Kier alpha value is -1.60. The molecule has 1 fully saturated rings. The van der Waals surface area contributed by atoms with Crippen LogP contribution in [0.3, 0.4) is 0 Å². The van der Waals surface area contributed by atoms with Crippen LogP contribution >= 0.6 is 0 Å². The fraction of sp³-hybridized carbons (Fsp3) is 0.368. The summed E-state index contributed by atoms with van der Waals surface area (Å²) in [6.07, 6.45) is 2.50. The Kier molecular flexibility index (Phi) is 3.88. The Morgan fingerprint density at radius 1 is 0.750 bits per heavy atom. The molecule has 2 aromatic rings. The molecule has 2 aromatic carbocycles. The molecule has 1 N–H and O–H groups in total. The summed E-state index contributed by atoms with van der Waals surface area (Å²) < 4.78 is 0. The Labute approximate surface area is 122 Å². The highest BCUT2D eigenvalue weighted by Crippen LogP contribution is 2.31. The molecule has 3 rings (SSSR count). The Balaban J connectivity index is 1.64. The first-order chi connectivity index (χ1) is 9.72. The van der Waals surface area contributed by atoms with E-state index in [-0.39, 0.29) is 0 Å². The van der Waals surface area contributed by atoms with Crippen LogP contribution in [0.5, 0.6) is 0 Å². The van der Waals surface area contributed by atoms with Crippen molar-refractivity contribution in [2.24, 2.45) is 0 Å². The second-order valence-corrected chi connectivity index (χ2v) is 6.06. The molecular weight excluding hydrogens is 242 g/mol. The maximum atomic E-state index is 3.72. The van der Waals surface area contributed by atoms with Crippen molar-refractivity contribution in [3.63, 3.8) is 0 Å². The van der Waals surface area contributed by atoms with Crippen molar-refractivity contribution in [2.75, 3.05) is 6.54 Å². The Bertz CT molecular complexity index is 492. The van der Waals surface area contributed by atoms with Crippen LogP contribution in [-0.2, 0) is 0 Å². The first-order valence-corrected chi connectivity index (χ1v) is 7.59. The highest BCUT2D eigenvalue weighted by Gasteiger charge is 2.22. The van der Waals surface area contributed by atoms with Gasteiger partial charge in [0.05, 0.1) is 0 Å². The Morgan fingerprint density at radius 2 is 1.30 bits per heavy atom. The molecule has 1 heteroatoms. The molecule has 104 valence electrons. The molecule has 1 nitrogen and oxygen atoms in total. The third kappa shape index (κ3) is 2.94. The van der Waals surface area contributed by atoms with Gasteiger partial charge in [0, 0.05) is 12.6 Å². The minimum atomic E-state index is 0.525. The minimum absolute atomic E-state index is 0.525. The van der Waals surface area contributed by atoms with Gasteiger partial charge in [0.2, 0.25) is 0 Å². The van der Waals surface area contributed by atoms with Gasteiger partial charge in [-0.3, -0.25) is 0 Å². The smallest absolute Gasteiger partial charge is 0.0320 e. The third-order valence-electron chi connectivity index (χ3n) is 4.44. The van der Waals surface area contributed by atoms with Crippen molar-refractivity contribution in [3.8, 4) is 0 Å². The monoisotopic (exact) mass is 265 g/mol. The molecule has 0 aliphatic carbocycles. The molecule has 0 amide bonds. The van der Waals surface area contributed by atoms with Crippen LogP contribution in [0.1, 0.15) is 47.1 Å². The number of aryl methyl sites for hydroxylation is 2. The van der Waals surface area contributed by atoms with E-state index in [0.717, 1.165) is 6.54 Å². The zero-order valence-corrected chi connectivity index (χ0v) is 12.4. The van der Waals surface area contributed by atoms with E-state index in [2.05, 4.69) is 67.7 Å². The fourth-order valence-corrected chi connectivity index (χ4v) is 3.06. The van der Waals surface area contributed by atoms with Gasteiger partial charge in [-0.1, -0.05) is 59.7 Å². The minimum Gasteiger partial charge on any atom is -0.309 e. The molecule has 0 radical (unpaired) electrons. The van der Waals surface area contributed by atoms with E-state index in [4.69, 9.17) is 0 Å². The summed E-state index contributed by atoms with van der Waals surface area (Å²) in [5.41, 5.74) is 5.58. The lowest BCUT2D eigenvalue weighted by atomic mass is 9.86. The SMILES string of the molecule is Cc1ccc(C2CCC(c3ccc(C)cc3)NC2)cc1. The molecule has 1 aliphatic heterocycles. The van der Waals surface area contributed by atoms with Gasteiger partial charge in [-0.2, -0.15) is 0 Å². The highest BCUT2D eigenvalue weighted by atomic mass is 14.9. The van der Waals surface area contributed by atoms with Gasteiger partial charge >= 0.3 is 0 Å². The van der Waals surface area contributed by atoms with E-state index < -0.39 is 0 Å². The average molecular weight is 265 g/mol. The number of hydrogen-bond donors (Lipinski definition) is 1. The molecule has 0 spiro atoms. The lowest BCUT2D eigenvalue weighted by Crippen LogP contribution is -2.32. The van der Waals surface area contributed by atoms with E-state index in [1.807, 2.05) is 0 Å². The van der Waals surface area contributed by atoms with E-state index >= 15 is 0 Å². The van der Waals surface area contributed by atoms with Crippen molar-refractivity contribution in [1.29, 1.82) is 0 Å². The van der Waals surface area contributed by atoms with Gasteiger partial charge in [-0.15, -0.1) is 0 Å². The summed E-state index contributed by atoms with van der Waals surface area (Å²) in [5.74, 6) is 0.664. The number of rotatable bonds is 2. The van der Waals surface area contributed by atoms with Gasteiger partial charge < -0.3 is 5.32 Å². The van der Waals surface area contributed by atoms with E-state index in [1.54, 1.807) is 0 Å². The van der Waals surface area contributed by atoms with E-state index in [9.17, 15) is 0 Å². The fourth-order valence-electron chi connectivity index (χ4n) is 3.06. The summed E-state index contributed by atoms with van der Waals surface area (Å²) in [6, 6.07) is 18.5. The number of benzene rings is 2. The first kappa shape index (κ1) is 13.4. The quantitative estimate of drug-likeness (QED) is 0.842. The van der Waals surface area contributed by atoms with Gasteiger partial charge in [0.15, 0.2) is 0 Å². The van der Waals surface area contributed by atoms with Crippen LogP contribution in [0, 0.1) is 13.8 Å². The molecule has 0 aromatic heterocycles. The predicted molar refractivity (Wildman–Crippen MR) is 85.1 cm³/mol. The van der Waals surface area contributed by atoms with Crippen LogP contribution in [0.15, 0.2) is 48.5 Å². The molecule has 2 unspecified atom stereocenters. The van der Waals surface area contributed by atoms with Crippen molar-refractivity contribution in [2.45, 2.75) is 38.6 Å². The summed E-state index contributed by atoms with van der Waals surface area (Å²) >= 11 is 0. The summed E-state index contributed by atoms with van der Waals surface area (Å²) in [7, 11) is 0. The number of nitrogens with one attached hydrogen (secondary N) is 1. The second kappa shape index (κ2) is 5.80. The molecule has 0 bridgehead atoms. The largest absolute Gasteiger partial charge is 0.309 e. The van der Waals surface area contributed by atoms with Crippen LogP contribution in [0.4, 0.5) is 0 Å². The zero-order chi connectivity index (χ0) is 13.9. The first-order valence-electron chi connectivity index (χ1n) is 7.59. The summed E-state index contributed by atoms with van der Waals surface area (Å²) in [6.45, 7) is 5.38. The maximum absolute atomic E-state index is 3.72. The second-order valence-electron chi connectivity index (χ2n) is 6.06. The van der Waals surface area contributed by atoms with Crippen molar-refractivity contribution >= 4 is 0 Å². The van der Waals surface area contributed by atoms with Crippen LogP contribution in [-0.4, -0.2) is 6.54 Å². The zero-order valence-electron chi connectivity index (χ0n) is 12.4. The molecular formula is C19H23N. The molecule has 1 aliphatic rings. The summed E-state index contributed by atoms with van der Waals surface area (Å²) in [5, 5.41) is 3.72. The van der Waals surface area contributed by atoms with Crippen LogP contribution in [0.2, 0.25) is 0 Å². The molecule has 2 atom stereocenters. The standard InChI is InChI=1S/C19H23N/c1-14-3-7-16(8-4-14)18-11-12-19(20-13-18)17-9-5-15(2)6-10-17/h3-10,18-20H,11-13H2,1-2H3. The van der Waals surface area contributed by atoms with Gasteiger partial charge in [-0.25, -0.2) is 0 Å². The predicted octanol–water partition coefficient (Wildman–Crippen LogP) is 4.51. The lowest BCUT2D eigenvalue weighted by Gasteiger charge is -2.30. The lowest BCUT2D eigenvalue weighted by molar-refractivity contribution is 0.374. The highest BCUT2D eigenvalue weighted by molar-refractivity contribution is 5.27.